The van der Waals surface area contributed by atoms with Gasteiger partial charge in [0.25, 0.3) is 0 Å². The summed E-state index contributed by atoms with van der Waals surface area (Å²) in [6, 6.07) is 16.2. The quantitative estimate of drug-likeness (QED) is 0.719. The lowest BCUT2D eigenvalue weighted by Crippen LogP contribution is -2.31. The maximum Gasteiger partial charge on any atom is 0.115 e. The molecule has 1 aliphatic heterocycles. The average Bonchev–Trinajstić information content (AvgIpc) is 3.10. The number of rotatable bonds is 6. The van der Waals surface area contributed by atoms with E-state index >= 15 is 0 Å². The second-order valence-corrected chi connectivity index (χ2v) is 6.78. The number of hydrogen-bond donors (Lipinski definition) is 0. The maximum atomic E-state index is 8.59. The van der Waals surface area contributed by atoms with Crippen LogP contribution in [0.1, 0.15) is 44.2 Å². The highest BCUT2D eigenvalue weighted by Crippen LogP contribution is 2.34. The minimum Gasteiger partial charge on any atom is -0.366 e. The first kappa shape index (κ1) is 12.1. The van der Waals surface area contributed by atoms with Gasteiger partial charge in [-0.1, -0.05) is 54.1 Å². The molecule has 2 aromatic carbocycles. The lowest BCUT2D eigenvalue weighted by atomic mass is 9.88. The van der Waals surface area contributed by atoms with Crippen LogP contribution in [0.2, 0.25) is 5.02 Å². The predicted molar refractivity (Wildman–Crippen MR) is 101 cm³/mol. The monoisotopic (exact) mass is 348 g/mol. The topological polar surface area (TPSA) is 12.5 Å². The summed E-state index contributed by atoms with van der Waals surface area (Å²) in [5.74, 6) is 0. The van der Waals surface area contributed by atoms with E-state index in [-0.39, 0.29) is 12.5 Å². The Morgan fingerprint density at radius 1 is 1.21 bits per heavy atom. The highest BCUT2D eigenvalue weighted by molar-refractivity contribution is 6.30. The van der Waals surface area contributed by atoms with Gasteiger partial charge in [0.05, 0.1) is 2.74 Å². The molecule has 0 aromatic heterocycles. The number of hydrogen-bond acceptors (Lipinski definition) is 2. The molecule has 0 N–H and O–H groups in total. The van der Waals surface area contributed by atoms with Crippen LogP contribution in [-0.2, 0) is 10.3 Å². The molecule has 2 nitrogen and oxygen atoms in total. The SMILES string of the molecule is [2H]C([2H])(CC1CCCN1C([2H])([2H])[2H])O[C@](C)(c1ccccc1)c1ccc(Cl)cc1. The lowest BCUT2D eigenvalue weighted by molar-refractivity contribution is -0.0117. The molecule has 0 bridgehead atoms. The van der Waals surface area contributed by atoms with Gasteiger partial charge in [0.15, 0.2) is 0 Å². The molecule has 1 fully saturated rings. The summed E-state index contributed by atoms with van der Waals surface area (Å²) in [6.07, 6.45) is 1.37. The van der Waals surface area contributed by atoms with E-state index in [0.717, 1.165) is 17.5 Å². The summed E-state index contributed by atoms with van der Waals surface area (Å²) in [6.45, 7) is -1.97. The van der Waals surface area contributed by atoms with E-state index in [1.807, 2.05) is 49.4 Å². The van der Waals surface area contributed by atoms with Gasteiger partial charge in [0.2, 0.25) is 0 Å². The second-order valence-electron chi connectivity index (χ2n) is 6.35. The molecule has 2 aromatic rings. The Hall–Kier alpha value is -1.35. The summed E-state index contributed by atoms with van der Waals surface area (Å²) in [5.41, 5.74) is 0.528. The van der Waals surface area contributed by atoms with Crippen LogP contribution in [0.25, 0.3) is 0 Å². The third kappa shape index (κ3) is 3.83. The maximum absolute atomic E-state index is 8.59. The smallest absolute Gasteiger partial charge is 0.115 e. The molecule has 1 saturated heterocycles. The summed E-state index contributed by atoms with van der Waals surface area (Å²) < 4.78 is 46.5. The van der Waals surface area contributed by atoms with Crippen molar-refractivity contribution in [3.63, 3.8) is 0 Å². The van der Waals surface area contributed by atoms with Crippen LogP contribution in [0.3, 0.4) is 0 Å². The average molecular weight is 349 g/mol. The summed E-state index contributed by atoms with van der Waals surface area (Å²) in [4.78, 5) is 1.41. The van der Waals surface area contributed by atoms with Crippen molar-refractivity contribution >= 4 is 11.6 Å². The van der Waals surface area contributed by atoms with E-state index in [1.165, 1.54) is 4.90 Å². The Morgan fingerprint density at radius 2 is 1.92 bits per heavy atom. The first-order chi connectivity index (χ1) is 13.5. The fourth-order valence-corrected chi connectivity index (χ4v) is 3.26. The van der Waals surface area contributed by atoms with Gasteiger partial charge >= 0.3 is 0 Å². The molecule has 3 heteroatoms. The van der Waals surface area contributed by atoms with E-state index in [9.17, 15) is 0 Å². The van der Waals surface area contributed by atoms with Crippen molar-refractivity contribution < 1.29 is 11.6 Å². The molecular formula is C21H26ClNO. The van der Waals surface area contributed by atoms with E-state index in [0.29, 0.717) is 18.0 Å². The zero-order valence-electron chi connectivity index (χ0n) is 18.8. The minimum absolute atomic E-state index is 0.0125. The van der Waals surface area contributed by atoms with Crippen LogP contribution in [-0.4, -0.2) is 31.0 Å². The molecule has 2 atom stereocenters. The van der Waals surface area contributed by atoms with E-state index < -0.39 is 19.1 Å². The number of nitrogens with zero attached hydrogens (tertiary/aromatic N) is 1. The van der Waals surface area contributed by atoms with Gasteiger partial charge in [-0.25, -0.2) is 0 Å². The largest absolute Gasteiger partial charge is 0.366 e. The molecule has 1 aliphatic rings. The number of halogens is 1. The van der Waals surface area contributed by atoms with Gasteiger partial charge in [-0.2, -0.15) is 0 Å². The number of likely N-dealkylation sites (tertiary alicyclic amines) is 1. The Bertz CT molecular complexity index is 812. The summed E-state index contributed by atoms with van der Waals surface area (Å²) in [7, 11) is 0. The highest BCUT2D eigenvalue weighted by Gasteiger charge is 2.30. The van der Waals surface area contributed by atoms with E-state index in [4.69, 9.17) is 23.2 Å². The Labute approximate surface area is 157 Å². The standard InChI is InChI=1S/C21H26ClNO/c1-21(17-7-4-3-5-8-17,18-10-12-19(22)13-11-18)24-16-14-20-9-6-15-23(20)2/h3-5,7-8,10-13,20H,6,9,14-16H2,1-2H3/t20?,21-/m1/s1/i2D3,16D2. The zero-order chi connectivity index (χ0) is 21.3. The molecule has 0 saturated carbocycles. The number of ether oxygens (including phenoxy) is 1. The molecule has 1 heterocycles. The van der Waals surface area contributed by atoms with Crippen molar-refractivity contribution in [2.75, 3.05) is 20.1 Å². The van der Waals surface area contributed by atoms with Crippen LogP contribution in [0.15, 0.2) is 54.6 Å². The van der Waals surface area contributed by atoms with E-state index in [1.54, 1.807) is 12.1 Å². The van der Waals surface area contributed by atoms with Crippen molar-refractivity contribution in [2.45, 2.75) is 37.8 Å². The van der Waals surface area contributed by atoms with Crippen molar-refractivity contribution in [1.29, 1.82) is 0 Å². The third-order valence-corrected chi connectivity index (χ3v) is 4.94. The first-order valence-corrected chi connectivity index (χ1v) is 8.68. The summed E-state index contributed by atoms with van der Waals surface area (Å²) in [5, 5.41) is 0.589. The third-order valence-electron chi connectivity index (χ3n) is 4.69. The van der Waals surface area contributed by atoms with Crippen molar-refractivity contribution in [1.82, 2.24) is 4.90 Å². The predicted octanol–water partition coefficient (Wildman–Crippen LogP) is 5.10. The van der Waals surface area contributed by atoms with Gasteiger partial charge < -0.3 is 9.64 Å². The van der Waals surface area contributed by atoms with Gasteiger partial charge in [-0.3, -0.25) is 0 Å². The fraction of sp³-hybridized carbons (Fsp3) is 0.429. The van der Waals surface area contributed by atoms with Crippen LogP contribution in [0.4, 0.5) is 0 Å². The van der Waals surface area contributed by atoms with Crippen molar-refractivity contribution in [2.24, 2.45) is 0 Å². The van der Waals surface area contributed by atoms with E-state index in [2.05, 4.69) is 0 Å². The highest BCUT2D eigenvalue weighted by atomic mass is 35.5. The minimum atomic E-state index is -2.23. The van der Waals surface area contributed by atoms with Crippen LogP contribution in [0.5, 0.6) is 0 Å². The van der Waals surface area contributed by atoms with Crippen LogP contribution < -0.4 is 0 Å². The zero-order valence-corrected chi connectivity index (χ0v) is 14.6. The Balaban J connectivity index is 1.90. The molecule has 1 unspecified atom stereocenters. The van der Waals surface area contributed by atoms with Crippen LogP contribution >= 0.6 is 11.6 Å². The second kappa shape index (κ2) is 7.69. The molecule has 3 rings (SSSR count). The Kier molecular flexibility index (Phi) is 3.87. The number of benzene rings is 2. The van der Waals surface area contributed by atoms with Gasteiger partial charge in [-0.05, 0) is 63.0 Å². The molecule has 0 spiro atoms. The van der Waals surface area contributed by atoms with Crippen molar-refractivity contribution in [3.8, 4) is 0 Å². The molecular weight excluding hydrogens is 318 g/mol. The Morgan fingerprint density at radius 3 is 2.62 bits per heavy atom. The van der Waals surface area contributed by atoms with Crippen LogP contribution in [0, 0.1) is 0 Å². The normalized spacial score (nSPS) is 25.1. The fourth-order valence-electron chi connectivity index (χ4n) is 3.14. The van der Waals surface area contributed by atoms with Gasteiger partial charge in [-0.15, -0.1) is 0 Å². The molecule has 0 radical (unpaired) electrons. The first-order valence-electron chi connectivity index (χ1n) is 10.8. The molecule has 128 valence electrons. The lowest BCUT2D eigenvalue weighted by Gasteiger charge is -2.32. The van der Waals surface area contributed by atoms with Gasteiger partial charge in [0, 0.05) is 21.7 Å². The molecule has 0 amide bonds. The van der Waals surface area contributed by atoms with Gasteiger partial charge in [0.1, 0.15) is 5.60 Å². The molecule has 0 aliphatic carbocycles. The molecule has 24 heavy (non-hydrogen) atoms. The summed E-state index contributed by atoms with van der Waals surface area (Å²) >= 11 is 6.04. The van der Waals surface area contributed by atoms with Crippen molar-refractivity contribution in [3.05, 3.63) is 70.7 Å².